The van der Waals surface area contributed by atoms with Crippen LogP contribution in [0.15, 0.2) is 57.1 Å². The Bertz CT molecular complexity index is 746. The molecule has 0 atom stereocenters. The lowest BCUT2D eigenvalue weighted by molar-refractivity contribution is -0.113. The smallest absolute Gasteiger partial charge is 0.234 e. The molecule has 0 fully saturated rings. The molecule has 0 saturated heterocycles. The molecule has 0 aliphatic carbocycles. The monoisotopic (exact) mass is 317 g/mol. The van der Waals surface area contributed by atoms with Gasteiger partial charge in [0, 0.05) is 18.5 Å². The summed E-state index contributed by atoms with van der Waals surface area (Å²) < 4.78 is 12.4. The fraction of sp³-hybridized carbons (Fsp3) is 0.200. The number of anilines is 1. The summed E-state index contributed by atoms with van der Waals surface area (Å²) in [7, 11) is 0. The van der Waals surface area contributed by atoms with Crippen LogP contribution in [0.4, 0.5) is 5.69 Å². The maximum absolute atomic E-state index is 11.9. The highest BCUT2D eigenvalue weighted by molar-refractivity contribution is 7.99. The molecule has 7 heteroatoms. The fourth-order valence-electron chi connectivity index (χ4n) is 1.96. The highest BCUT2D eigenvalue weighted by Gasteiger charge is 2.10. The number of imidazole rings is 1. The van der Waals surface area contributed by atoms with Crippen LogP contribution in [-0.4, -0.2) is 21.2 Å². The van der Waals surface area contributed by atoms with Crippen LogP contribution >= 0.6 is 11.8 Å². The summed E-state index contributed by atoms with van der Waals surface area (Å²) in [5, 5.41) is 3.55. The van der Waals surface area contributed by atoms with Crippen molar-refractivity contribution in [1.29, 1.82) is 0 Å². The molecule has 0 spiro atoms. The van der Waals surface area contributed by atoms with Gasteiger partial charge in [0.05, 0.1) is 24.2 Å². The first-order chi connectivity index (χ1) is 10.7. The van der Waals surface area contributed by atoms with Crippen molar-refractivity contribution in [2.45, 2.75) is 18.6 Å². The van der Waals surface area contributed by atoms with Crippen molar-refractivity contribution < 1.29 is 13.6 Å². The van der Waals surface area contributed by atoms with E-state index in [4.69, 9.17) is 8.83 Å². The van der Waals surface area contributed by atoms with Gasteiger partial charge in [-0.05, 0) is 19.1 Å². The molecule has 22 heavy (non-hydrogen) atoms. The lowest BCUT2D eigenvalue weighted by Gasteiger charge is -2.05. The summed E-state index contributed by atoms with van der Waals surface area (Å²) in [6.45, 7) is 2.42. The second-order valence-corrected chi connectivity index (χ2v) is 5.64. The summed E-state index contributed by atoms with van der Waals surface area (Å²) in [6.07, 6.45) is 6.74. The largest absolute Gasteiger partial charge is 0.467 e. The lowest BCUT2D eigenvalue weighted by atomic mass is 10.4. The Kier molecular flexibility index (Phi) is 4.34. The van der Waals surface area contributed by atoms with Crippen LogP contribution in [0.3, 0.4) is 0 Å². The molecule has 114 valence electrons. The molecule has 3 rings (SSSR count). The first-order valence-electron chi connectivity index (χ1n) is 6.72. The predicted octanol–water partition coefficient (Wildman–Crippen LogP) is 3.16. The Morgan fingerprint density at radius 3 is 3.09 bits per heavy atom. The molecule has 0 aromatic carbocycles. The van der Waals surface area contributed by atoms with E-state index in [1.54, 1.807) is 18.5 Å². The minimum atomic E-state index is -0.0988. The Morgan fingerprint density at radius 2 is 2.36 bits per heavy atom. The third-order valence-corrected chi connectivity index (χ3v) is 3.93. The number of thioether (sulfide) groups is 1. The standard InChI is InChI=1S/C15H15N3O3S/c1-11-7-12(9-21-11)17-14(19)10-22-15-16-4-5-18(15)8-13-3-2-6-20-13/h2-7,9H,8,10H2,1H3,(H,17,19). The van der Waals surface area contributed by atoms with Crippen LogP contribution < -0.4 is 5.32 Å². The predicted molar refractivity (Wildman–Crippen MR) is 82.8 cm³/mol. The summed E-state index contributed by atoms with van der Waals surface area (Å²) in [5.74, 6) is 1.79. The molecule has 3 heterocycles. The summed E-state index contributed by atoms with van der Waals surface area (Å²) in [5.41, 5.74) is 0.669. The minimum absolute atomic E-state index is 0.0988. The van der Waals surface area contributed by atoms with E-state index < -0.39 is 0 Å². The fourth-order valence-corrected chi connectivity index (χ4v) is 2.72. The van der Waals surface area contributed by atoms with Gasteiger partial charge in [0.2, 0.25) is 5.91 Å². The van der Waals surface area contributed by atoms with Crippen LogP contribution in [0.2, 0.25) is 0 Å². The number of hydrogen-bond acceptors (Lipinski definition) is 5. The van der Waals surface area contributed by atoms with Gasteiger partial charge in [0.25, 0.3) is 0 Å². The molecule has 0 aliphatic heterocycles. The third-order valence-electron chi connectivity index (χ3n) is 2.93. The van der Waals surface area contributed by atoms with E-state index in [0.29, 0.717) is 12.2 Å². The number of aryl methyl sites for hydroxylation is 1. The molecule has 3 aromatic heterocycles. The number of rotatable bonds is 6. The number of carbonyl (C=O) groups excluding carboxylic acids is 1. The van der Waals surface area contributed by atoms with Crippen molar-refractivity contribution >= 4 is 23.4 Å². The molecule has 0 radical (unpaired) electrons. The second kappa shape index (κ2) is 6.57. The SMILES string of the molecule is Cc1cc(NC(=O)CSc2nccn2Cc2ccco2)co1. The van der Waals surface area contributed by atoms with E-state index >= 15 is 0 Å². The Balaban J connectivity index is 1.55. The molecule has 1 N–H and O–H groups in total. The second-order valence-electron chi connectivity index (χ2n) is 4.70. The van der Waals surface area contributed by atoms with Gasteiger partial charge >= 0.3 is 0 Å². The lowest BCUT2D eigenvalue weighted by Crippen LogP contribution is -2.14. The van der Waals surface area contributed by atoms with Gasteiger partial charge in [-0.15, -0.1) is 0 Å². The highest BCUT2D eigenvalue weighted by atomic mass is 32.2. The third kappa shape index (κ3) is 3.62. The Morgan fingerprint density at radius 1 is 1.45 bits per heavy atom. The van der Waals surface area contributed by atoms with Gasteiger partial charge < -0.3 is 18.7 Å². The Labute approximate surface area is 131 Å². The number of hydrogen-bond donors (Lipinski definition) is 1. The number of furan rings is 2. The molecule has 0 unspecified atom stereocenters. The average molecular weight is 317 g/mol. The summed E-state index contributed by atoms with van der Waals surface area (Å²) in [4.78, 5) is 16.2. The van der Waals surface area contributed by atoms with Crippen LogP contribution in [0, 0.1) is 6.92 Å². The van der Waals surface area contributed by atoms with Gasteiger partial charge in [0.1, 0.15) is 17.8 Å². The zero-order valence-corrected chi connectivity index (χ0v) is 12.8. The topological polar surface area (TPSA) is 73.2 Å². The minimum Gasteiger partial charge on any atom is -0.467 e. The first-order valence-corrected chi connectivity index (χ1v) is 7.70. The Hall–Kier alpha value is -2.41. The zero-order chi connectivity index (χ0) is 15.4. The number of aromatic nitrogens is 2. The van der Waals surface area contributed by atoms with Gasteiger partial charge in [0.15, 0.2) is 5.16 Å². The summed E-state index contributed by atoms with van der Waals surface area (Å²) in [6, 6.07) is 5.53. The van der Waals surface area contributed by atoms with E-state index in [2.05, 4.69) is 10.3 Å². The van der Waals surface area contributed by atoms with Crippen LogP contribution in [-0.2, 0) is 11.3 Å². The van der Waals surface area contributed by atoms with Crippen molar-refractivity contribution in [3.05, 3.63) is 54.6 Å². The van der Waals surface area contributed by atoms with Crippen molar-refractivity contribution in [3.8, 4) is 0 Å². The van der Waals surface area contributed by atoms with E-state index in [0.717, 1.165) is 16.7 Å². The maximum atomic E-state index is 11.9. The summed E-state index contributed by atoms with van der Waals surface area (Å²) >= 11 is 1.38. The molecule has 0 bridgehead atoms. The van der Waals surface area contributed by atoms with E-state index in [-0.39, 0.29) is 11.7 Å². The average Bonchev–Trinajstić information content (AvgIpc) is 3.21. The van der Waals surface area contributed by atoms with Crippen LogP contribution in [0.1, 0.15) is 11.5 Å². The van der Waals surface area contributed by atoms with E-state index in [9.17, 15) is 4.79 Å². The van der Waals surface area contributed by atoms with E-state index in [1.165, 1.54) is 18.0 Å². The molecule has 3 aromatic rings. The van der Waals surface area contributed by atoms with Crippen molar-refractivity contribution in [2.24, 2.45) is 0 Å². The molecule has 0 aliphatic rings. The number of nitrogens with zero attached hydrogens (tertiary/aromatic N) is 2. The highest BCUT2D eigenvalue weighted by Crippen LogP contribution is 2.18. The van der Waals surface area contributed by atoms with Crippen LogP contribution in [0.5, 0.6) is 0 Å². The van der Waals surface area contributed by atoms with Gasteiger partial charge in [-0.3, -0.25) is 4.79 Å². The van der Waals surface area contributed by atoms with Gasteiger partial charge in [-0.2, -0.15) is 0 Å². The molecular weight excluding hydrogens is 302 g/mol. The molecule has 1 amide bonds. The number of carbonyl (C=O) groups is 1. The van der Waals surface area contributed by atoms with Gasteiger partial charge in [-0.25, -0.2) is 4.98 Å². The van der Waals surface area contributed by atoms with Crippen molar-refractivity contribution in [1.82, 2.24) is 9.55 Å². The number of nitrogens with one attached hydrogen (secondary N) is 1. The van der Waals surface area contributed by atoms with Crippen molar-refractivity contribution in [3.63, 3.8) is 0 Å². The molecular formula is C15H15N3O3S. The zero-order valence-electron chi connectivity index (χ0n) is 12.0. The normalized spacial score (nSPS) is 10.8. The van der Waals surface area contributed by atoms with E-state index in [1.807, 2.05) is 29.8 Å². The first kappa shape index (κ1) is 14.5. The van der Waals surface area contributed by atoms with Gasteiger partial charge in [-0.1, -0.05) is 11.8 Å². The van der Waals surface area contributed by atoms with Crippen LogP contribution in [0.25, 0.3) is 0 Å². The van der Waals surface area contributed by atoms with Crippen molar-refractivity contribution in [2.75, 3.05) is 11.1 Å². The number of amides is 1. The molecule has 6 nitrogen and oxygen atoms in total. The quantitative estimate of drug-likeness (QED) is 0.707. The molecule has 0 saturated carbocycles. The maximum Gasteiger partial charge on any atom is 0.234 e.